The second-order valence-electron chi connectivity index (χ2n) is 5.55. The van der Waals surface area contributed by atoms with E-state index in [0.29, 0.717) is 0 Å². The molecule has 0 radical (unpaired) electrons. The summed E-state index contributed by atoms with van der Waals surface area (Å²) in [5, 5.41) is 3.05. The molecule has 1 saturated heterocycles. The Balaban J connectivity index is 2.09. The molecule has 20 heavy (non-hydrogen) atoms. The first-order chi connectivity index (χ1) is 9.77. The largest absolute Gasteiger partial charge is 0.275 e. The fraction of sp³-hybridized carbons (Fsp3) is 0.333. The highest BCUT2D eigenvalue weighted by Crippen LogP contribution is 2.42. The van der Waals surface area contributed by atoms with E-state index in [1.807, 2.05) is 0 Å². The van der Waals surface area contributed by atoms with Gasteiger partial charge in [-0.1, -0.05) is 48.5 Å². The van der Waals surface area contributed by atoms with E-state index in [4.69, 9.17) is 0 Å². The first-order valence-corrected chi connectivity index (χ1v) is 8.73. The Morgan fingerprint density at radius 3 is 1.65 bits per heavy atom. The van der Waals surface area contributed by atoms with Crippen molar-refractivity contribution in [3.05, 3.63) is 59.7 Å². The van der Waals surface area contributed by atoms with Crippen LogP contribution in [0, 0.1) is 13.8 Å². The number of aryl methyl sites for hydroxylation is 2. The summed E-state index contributed by atoms with van der Waals surface area (Å²) in [5.74, 6) is 0. The van der Waals surface area contributed by atoms with E-state index in [1.165, 1.54) is 47.7 Å². The molecule has 1 aliphatic heterocycles. The molecule has 0 aliphatic carbocycles. The zero-order chi connectivity index (χ0) is 13.9. The summed E-state index contributed by atoms with van der Waals surface area (Å²) >= 11 is 0. The molecule has 0 unspecified atom stereocenters. The topological polar surface area (TPSA) is 3.24 Å². The van der Waals surface area contributed by atoms with E-state index in [-0.39, 0.29) is 8.07 Å². The quantitative estimate of drug-likeness (QED) is 0.776. The standard InChI is InChI=1S/C18H22NP/c1-15-9-3-5-11-17(15)20(19-13-7-8-14-19)18-12-6-4-10-16(18)2/h3-6,9-12H,7-8,13-14H2,1-2H3. The van der Waals surface area contributed by atoms with Crippen LogP contribution in [0.15, 0.2) is 48.5 Å². The highest BCUT2D eigenvalue weighted by Gasteiger charge is 2.26. The van der Waals surface area contributed by atoms with Gasteiger partial charge in [-0.3, -0.25) is 4.67 Å². The van der Waals surface area contributed by atoms with Crippen molar-refractivity contribution >= 4 is 18.7 Å². The molecule has 0 saturated carbocycles. The van der Waals surface area contributed by atoms with Gasteiger partial charge in [0.15, 0.2) is 0 Å². The molecule has 2 aromatic carbocycles. The maximum Gasteiger partial charge on any atom is 0.0286 e. The van der Waals surface area contributed by atoms with Crippen LogP contribution >= 0.6 is 8.07 Å². The van der Waals surface area contributed by atoms with Crippen LogP contribution in [0.4, 0.5) is 0 Å². The normalized spacial score (nSPS) is 15.9. The predicted octanol–water partition coefficient (Wildman–Crippen LogP) is 3.75. The van der Waals surface area contributed by atoms with Crippen LogP contribution in [0.25, 0.3) is 0 Å². The van der Waals surface area contributed by atoms with Gasteiger partial charge in [-0.25, -0.2) is 0 Å². The Bertz CT molecular complexity index is 542. The lowest BCUT2D eigenvalue weighted by atomic mass is 10.2. The minimum Gasteiger partial charge on any atom is -0.275 e. The van der Waals surface area contributed by atoms with Crippen molar-refractivity contribution in [3.8, 4) is 0 Å². The molecule has 0 aromatic heterocycles. The van der Waals surface area contributed by atoms with E-state index < -0.39 is 0 Å². The van der Waals surface area contributed by atoms with Crippen molar-refractivity contribution in [2.75, 3.05) is 13.1 Å². The summed E-state index contributed by atoms with van der Waals surface area (Å²) in [4.78, 5) is 0. The summed E-state index contributed by atoms with van der Waals surface area (Å²) < 4.78 is 2.71. The molecule has 1 heterocycles. The molecule has 2 aromatic rings. The average molecular weight is 283 g/mol. The molecule has 104 valence electrons. The van der Waals surface area contributed by atoms with E-state index >= 15 is 0 Å². The molecule has 0 atom stereocenters. The fourth-order valence-corrected chi connectivity index (χ4v) is 5.76. The van der Waals surface area contributed by atoms with Crippen LogP contribution in [-0.4, -0.2) is 17.8 Å². The second kappa shape index (κ2) is 6.08. The predicted molar refractivity (Wildman–Crippen MR) is 89.4 cm³/mol. The molecule has 0 spiro atoms. The highest BCUT2D eigenvalue weighted by molar-refractivity contribution is 7.71. The summed E-state index contributed by atoms with van der Waals surface area (Å²) in [6.45, 7) is 6.99. The van der Waals surface area contributed by atoms with Gasteiger partial charge in [0.2, 0.25) is 0 Å². The summed E-state index contributed by atoms with van der Waals surface area (Å²) in [7, 11) is -0.360. The molecule has 1 fully saturated rings. The minimum absolute atomic E-state index is 0.360. The van der Waals surface area contributed by atoms with E-state index in [9.17, 15) is 0 Å². The zero-order valence-electron chi connectivity index (χ0n) is 12.3. The second-order valence-corrected chi connectivity index (χ2v) is 7.70. The average Bonchev–Trinajstić information content (AvgIpc) is 2.97. The van der Waals surface area contributed by atoms with Gasteiger partial charge in [0.25, 0.3) is 0 Å². The Morgan fingerprint density at radius 1 is 0.750 bits per heavy atom. The van der Waals surface area contributed by atoms with Gasteiger partial charge < -0.3 is 0 Å². The monoisotopic (exact) mass is 283 g/mol. The molecule has 3 rings (SSSR count). The van der Waals surface area contributed by atoms with Crippen molar-refractivity contribution in [1.82, 2.24) is 4.67 Å². The lowest BCUT2D eigenvalue weighted by Gasteiger charge is -2.30. The van der Waals surface area contributed by atoms with Crippen LogP contribution in [0.5, 0.6) is 0 Å². The molecule has 1 nitrogen and oxygen atoms in total. The summed E-state index contributed by atoms with van der Waals surface area (Å²) in [6.07, 6.45) is 2.69. The highest BCUT2D eigenvalue weighted by atomic mass is 31.1. The van der Waals surface area contributed by atoms with Gasteiger partial charge in [0, 0.05) is 21.2 Å². The Hall–Kier alpha value is -1.17. The number of rotatable bonds is 3. The maximum atomic E-state index is 2.71. The Labute approximate surface area is 123 Å². The molecule has 0 N–H and O–H groups in total. The third-order valence-corrected chi connectivity index (χ3v) is 6.93. The van der Waals surface area contributed by atoms with Gasteiger partial charge in [0.1, 0.15) is 0 Å². The van der Waals surface area contributed by atoms with Gasteiger partial charge in [-0.15, -0.1) is 0 Å². The van der Waals surface area contributed by atoms with Crippen molar-refractivity contribution in [2.45, 2.75) is 26.7 Å². The van der Waals surface area contributed by atoms with Crippen molar-refractivity contribution in [2.24, 2.45) is 0 Å². The van der Waals surface area contributed by atoms with Crippen LogP contribution < -0.4 is 10.6 Å². The first kappa shape index (κ1) is 13.8. The van der Waals surface area contributed by atoms with Crippen molar-refractivity contribution in [1.29, 1.82) is 0 Å². The molecular weight excluding hydrogens is 261 g/mol. The van der Waals surface area contributed by atoms with Gasteiger partial charge in [-0.05, 0) is 48.4 Å². The van der Waals surface area contributed by atoms with E-state index in [2.05, 4.69) is 67.0 Å². The lowest BCUT2D eigenvalue weighted by Crippen LogP contribution is -2.28. The minimum atomic E-state index is -0.360. The third kappa shape index (κ3) is 2.66. The maximum absolute atomic E-state index is 2.71. The van der Waals surface area contributed by atoms with E-state index in [1.54, 1.807) is 0 Å². The zero-order valence-corrected chi connectivity index (χ0v) is 13.2. The molecule has 1 aliphatic rings. The third-order valence-electron chi connectivity index (χ3n) is 4.05. The Kier molecular flexibility index (Phi) is 4.19. The molecule has 0 bridgehead atoms. The van der Waals surface area contributed by atoms with Crippen LogP contribution in [0.1, 0.15) is 24.0 Å². The van der Waals surface area contributed by atoms with Crippen molar-refractivity contribution < 1.29 is 0 Å². The van der Waals surface area contributed by atoms with Gasteiger partial charge >= 0.3 is 0 Å². The molecule has 0 amide bonds. The Morgan fingerprint density at radius 2 is 1.20 bits per heavy atom. The number of hydrogen-bond acceptors (Lipinski definition) is 1. The summed E-state index contributed by atoms with van der Waals surface area (Å²) in [6, 6.07) is 17.8. The number of nitrogens with zero attached hydrogens (tertiary/aromatic N) is 1. The number of benzene rings is 2. The first-order valence-electron chi connectivity index (χ1n) is 7.43. The van der Waals surface area contributed by atoms with Crippen LogP contribution in [0.2, 0.25) is 0 Å². The van der Waals surface area contributed by atoms with Crippen LogP contribution in [0.3, 0.4) is 0 Å². The van der Waals surface area contributed by atoms with Gasteiger partial charge in [0.05, 0.1) is 0 Å². The summed E-state index contributed by atoms with van der Waals surface area (Å²) in [5.41, 5.74) is 2.85. The van der Waals surface area contributed by atoms with E-state index in [0.717, 1.165) is 0 Å². The van der Waals surface area contributed by atoms with Crippen molar-refractivity contribution in [3.63, 3.8) is 0 Å². The SMILES string of the molecule is Cc1ccccc1P(c1ccccc1C)N1CCCC1. The smallest absolute Gasteiger partial charge is 0.0286 e. The van der Waals surface area contributed by atoms with Crippen LogP contribution in [-0.2, 0) is 0 Å². The lowest BCUT2D eigenvalue weighted by molar-refractivity contribution is 0.575. The van der Waals surface area contributed by atoms with Gasteiger partial charge in [-0.2, -0.15) is 0 Å². The molecular formula is C18H22NP. The number of hydrogen-bond donors (Lipinski definition) is 0. The fourth-order valence-electron chi connectivity index (χ4n) is 2.94. The molecule has 2 heteroatoms.